The molecule has 0 atom stereocenters. The highest BCUT2D eigenvalue weighted by molar-refractivity contribution is 14.1. The van der Waals surface area contributed by atoms with E-state index in [1.807, 2.05) is 6.07 Å². The molecule has 0 radical (unpaired) electrons. The van der Waals surface area contributed by atoms with Gasteiger partial charge < -0.3 is 4.74 Å². The lowest BCUT2D eigenvalue weighted by molar-refractivity contribution is -0.131. The van der Waals surface area contributed by atoms with E-state index in [-0.39, 0.29) is 5.97 Å². The Labute approximate surface area is 116 Å². The van der Waals surface area contributed by atoms with Crippen molar-refractivity contribution in [3.63, 3.8) is 0 Å². The van der Waals surface area contributed by atoms with Gasteiger partial charge in [-0.05, 0) is 73.8 Å². The number of carbonyl (C=O) groups excluding carboxylic acids is 1. The molecule has 2 rings (SSSR count). The van der Waals surface area contributed by atoms with Crippen LogP contribution >= 0.6 is 67.8 Å². The van der Waals surface area contributed by atoms with Crippen LogP contribution in [0, 0.1) is 10.7 Å². The highest BCUT2D eigenvalue weighted by Crippen LogP contribution is 2.36. The molecule has 1 heterocycles. The third kappa shape index (κ3) is 1.83. The number of halogens is 3. The summed E-state index contributed by atoms with van der Waals surface area (Å²) in [6.45, 7) is 0. The zero-order chi connectivity index (χ0) is 9.59. The smallest absolute Gasteiger partial charge is 0.315 e. The number of hydrogen-bond acceptors (Lipinski definition) is 2. The minimum atomic E-state index is -0.147. The van der Waals surface area contributed by atoms with Crippen molar-refractivity contribution in [2.75, 3.05) is 0 Å². The SMILES string of the molecule is O=C1Cc2cc(I)c(I)c(I)c2O1. The van der Waals surface area contributed by atoms with Crippen molar-refractivity contribution < 1.29 is 9.53 Å². The molecule has 1 aliphatic heterocycles. The predicted octanol–water partition coefficient (Wildman–Crippen LogP) is 2.96. The van der Waals surface area contributed by atoms with Crippen molar-refractivity contribution in [3.05, 3.63) is 22.3 Å². The normalized spacial score (nSPS) is 14.2. The lowest BCUT2D eigenvalue weighted by Crippen LogP contribution is -2.00. The van der Waals surface area contributed by atoms with Crippen molar-refractivity contribution in [2.45, 2.75) is 6.42 Å². The van der Waals surface area contributed by atoms with E-state index in [4.69, 9.17) is 4.74 Å². The number of rotatable bonds is 0. The summed E-state index contributed by atoms with van der Waals surface area (Å²) in [6, 6.07) is 2.02. The Morgan fingerprint density at radius 3 is 2.62 bits per heavy atom. The molecular formula is C8H3I3O2. The van der Waals surface area contributed by atoms with Gasteiger partial charge in [0, 0.05) is 12.7 Å². The van der Waals surface area contributed by atoms with E-state index >= 15 is 0 Å². The molecular weight excluding hydrogens is 509 g/mol. The molecule has 13 heavy (non-hydrogen) atoms. The van der Waals surface area contributed by atoms with Crippen LogP contribution in [-0.4, -0.2) is 5.97 Å². The van der Waals surface area contributed by atoms with Crippen LogP contribution in [0.2, 0.25) is 0 Å². The summed E-state index contributed by atoms with van der Waals surface area (Å²) >= 11 is 6.75. The lowest BCUT2D eigenvalue weighted by atomic mass is 10.2. The summed E-state index contributed by atoms with van der Waals surface area (Å²) in [7, 11) is 0. The first-order valence-electron chi connectivity index (χ1n) is 3.46. The second-order valence-electron chi connectivity index (χ2n) is 2.63. The van der Waals surface area contributed by atoms with Gasteiger partial charge in [0.05, 0.1) is 9.99 Å². The number of carbonyl (C=O) groups is 1. The summed E-state index contributed by atoms with van der Waals surface area (Å²) in [4.78, 5) is 11.0. The van der Waals surface area contributed by atoms with Gasteiger partial charge in [0.25, 0.3) is 0 Å². The van der Waals surface area contributed by atoms with Crippen molar-refractivity contribution in [2.24, 2.45) is 0 Å². The average Bonchev–Trinajstić information content (AvgIpc) is 2.42. The van der Waals surface area contributed by atoms with E-state index in [9.17, 15) is 4.79 Å². The van der Waals surface area contributed by atoms with E-state index in [0.717, 1.165) is 18.5 Å². The van der Waals surface area contributed by atoms with Crippen LogP contribution < -0.4 is 4.74 Å². The first-order chi connectivity index (χ1) is 6.09. The number of benzene rings is 1. The summed E-state index contributed by atoms with van der Waals surface area (Å²) < 4.78 is 8.51. The van der Waals surface area contributed by atoms with Gasteiger partial charge in [0.1, 0.15) is 5.75 Å². The molecule has 5 heteroatoms. The highest BCUT2D eigenvalue weighted by Gasteiger charge is 2.25. The van der Waals surface area contributed by atoms with Crippen molar-refractivity contribution >= 4 is 73.7 Å². The molecule has 0 N–H and O–H groups in total. The van der Waals surface area contributed by atoms with Gasteiger partial charge in [-0.25, -0.2) is 0 Å². The third-order valence-electron chi connectivity index (χ3n) is 1.75. The van der Waals surface area contributed by atoms with Crippen LogP contribution in [0.3, 0.4) is 0 Å². The molecule has 0 saturated heterocycles. The Balaban J connectivity index is 2.66. The highest BCUT2D eigenvalue weighted by atomic mass is 127. The molecule has 0 aromatic heterocycles. The predicted molar refractivity (Wildman–Crippen MR) is 73.9 cm³/mol. The fourth-order valence-corrected chi connectivity index (χ4v) is 3.48. The molecule has 0 aliphatic carbocycles. The molecule has 0 amide bonds. The summed E-state index contributed by atoms with van der Waals surface area (Å²) in [5, 5.41) is 0. The van der Waals surface area contributed by atoms with Gasteiger partial charge in [-0.3, -0.25) is 4.79 Å². The topological polar surface area (TPSA) is 26.3 Å². The molecule has 1 aliphatic rings. The average molecular weight is 512 g/mol. The van der Waals surface area contributed by atoms with Gasteiger partial charge in [-0.1, -0.05) is 0 Å². The van der Waals surface area contributed by atoms with Crippen LogP contribution in [-0.2, 0) is 11.2 Å². The number of hydrogen-bond donors (Lipinski definition) is 0. The fraction of sp³-hybridized carbons (Fsp3) is 0.125. The Kier molecular flexibility index (Phi) is 3.04. The zero-order valence-corrected chi connectivity index (χ0v) is 12.7. The van der Waals surface area contributed by atoms with Crippen molar-refractivity contribution in [1.82, 2.24) is 0 Å². The zero-order valence-electron chi connectivity index (χ0n) is 6.23. The maximum atomic E-state index is 11.0. The maximum absolute atomic E-state index is 11.0. The molecule has 68 valence electrons. The largest absolute Gasteiger partial charge is 0.425 e. The van der Waals surface area contributed by atoms with E-state index in [1.165, 1.54) is 3.57 Å². The van der Waals surface area contributed by atoms with Crippen LogP contribution in [0.5, 0.6) is 5.75 Å². The van der Waals surface area contributed by atoms with E-state index < -0.39 is 0 Å². The number of fused-ring (bicyclic) bond motifs is 1. The minimum Gasteiger partial charge on any atom is -0.425 e. The summed E-state index contributed by atoms with van der Waals surface area (Å²) in [5.74, 6) is 0.612. The van der Waals surface area contributed by atoms with E-state index in [0.29, 0.717) is 6.42 Å². The second-order valence-corrected chi connectivity index (χ2v) is 5.95. The van der Waals surface area contributed by atoms with Gasteiger partial charge >= 0.3 is 5.97 Å². The maximum Gasteiger partial charge on any atom is 0.315 e. The van der Waals surface area contributed by atoms with Crippen LogP contribution in [0.15, 0.2) is 6.07 Å². The number of esters is 1. The third-order valence-corrected chi connectivity index (χ3v) is 6.81. The summed E-state index contributed by atoms with van der Waals surface area (Å²) in [5.41, 5.74) is 1.01. The molecule has 0 saturated carbocycles. The van der Waals surface area contributed by atoms with Crippen LogP contribution in [0.1, 0.15) is 5.56 Å². The van der Waals surface area contributed by atoms with Gasteiger partial charge in [0.2, 0.25) is 0 Å². The quantitative estimate of drug-likeness (QED) is 0.232. The van der Waals surface area contributed by atoms with Gasteiger partial charge in [-0.2, -0.15) is 0 Å². The van der Waals surface area contributed by atoms with Crippen LogP contribution in [0.25, 0.3) is 0 Å². The van der Waals surface area contributed by atoms with Crippen LogP contribution in [0.4, 0.5) is 0 Å². The first-order valence-corrected chi connectivity index (χ1v) is 6.70. The molecule has 0 fully saturated rings. The van der Waals surface area contributed by atoms with Gasteiger partial charge in [0.15, 0.2) is 0 Å². The molecule has 0 bridgehead atoms. The van der Waals surface area contributed by atoms with Crippen molar-refractivity contribution in [3.8, 4) is 5.75 Å². The first kappa shape index (κ1) is 10.4. The Bertz CT molecular complexity index is 401. The Hall–Kier alpha value is 0.880. The van der Waals surface area contributed by atoms with E-state index in [2.05, 4.69) is 67.8 Å². The molecule has 2 nitrogen and oxygen atoms in total. The van der Waals surface area contributed by atoms with E-state index in [1.54, 1.807) is 0 Å². The minimum absolute atomic E-state index is 0.147. The lowest BCUT2D eigenvalue weighted by Gasteiger charge is -2.04. The Morgan fingerprint density at radius 1 is 1.23 bits per heavy atom. The van der Waals surface area contributed by atoms with Gasteiger partial charge in [-0.15, -0.1) is 0 Å². The molecule has 0 unspecified atom stereocenters. The monoisotopic (exact) mass is 512 g/mol. The standard InChI is InChI=1S/C8H3I3O2/c9-4-1-3-2-5(12)13-8(3)7(11)6(4)10/h1H,2H2. The second kappa shape index (κ2) is 3.80. The fourth-order valence-electron chi connectivity index (χ4n) is 1.17. The molecule has 1 aromatic carbocycles. The molecule has 0 spiro atoms. The molecule has 1 aromatic rings. The summed E-state index contributed by atoms with van der Waals surface area (Å²) in [6.07, 6.45) is 0.415. The Morgan fingerprint density at radius 2 is 1.92 bits per heavy atom. The van der Waals surface area contributed by atoms with Crippen molar-refractivity contribution in [1.29, 1.82) is 0 Å². The number of ether oxygens (including phenoxy) is 1.